The maximum atomic E-state index is 12.8. The first-order valence-corrected chi connectivity index (χ1v) is 8.38. The van der Waals surface area contributed by atoms with E-state index in [-0.39, 0.29) is 24.9 Å². The van der Waals surface area contributed by atoms with Crippen molar-refractivity contribution in [3.8, 4) is 11.5 Å². The Morgan fingerprint density at radius 1 is 1.38 bits per heavy atom. The van der Waals surface area contributed by atoms with E-state index in [1.807, 2.05) is 6.92 Å². The number of halogens is 1. The second-order valence-electron chi connectivity index (χ2n) is 5.71. The van der Waals surface area contributed by atoms with Gasteiger partial charge in [0.05, 0.1) is 25.2 Å². The van der Waals surface area contributed by atoms with Gasteiger partial charge in [-0.05, 0) is 31.4 Å². The van der Waals surface area contributed by atoms with Gasteiger partial charge in [-0.25, -0.2) is 0 Å². The van der Waals surface area contributed by atoms with Gasteiger partial charge < -0.3 is 19.5 Å². The van der Waals surface area contributed by atoms with E-state index in [2.05, 4.69) is 0 Å². The van der Waals surface area contributed by atoms with Crippen molar-refractivity contribution in [2.45, 2.75) is 38.6 Å². The first kappa shape index (κ1) is 18.4. The average molecular weight is 356 g/mol. The Labute approximate surface area is 146 Å². The van der Waals surface area contributed by atoms with Gasteiger partial charge in [0.15, 0.2) is 11.5 Å². The molecule has 0 aliphatic heterocycles. The van der Waals surface area contributed by atoms with E-state index in [1.54, 1.807) is 17.0 Å². The molecule has 1 N–H and O–H groups in total. The molecule has 0 bridgehead atoms. The standard InChI is InChI=1S/C17H22ClNO5/c1-3-8-24-16-13(18)9-11(10-14(16)23-2)17(22)19(12-4-5-12)7-6-15(20)21/h9-10,12H,3-8H2,1-2H3,(H,20,21). The third-order valence-electron chi connectivity index (χ3n) is 3.74. The Balaban J connectivity index is 2.24. The molecule has 0 atom stereocenters. The summed E-state index contributed by atoms with van der Waals surface area (Å²) in [5.41, 5.74) is 0.373. The summed E-state index contributed by atoms with van der Waals surface area (Å²) in [4.78, 5) is 25.2. The number of carbonyl (C=O) groups excluding carboxylic acids is 1. The minimum Gasteiger partial charge on any atom is -0.493 e. The zero-order valence-corrected chi connectivity index (χ0v) is 14.6. The van der Waals surface area contributed by atoms with Crippen molar-refractivity contribution in [3.05, 3.63) is 22.7 Å². The highest BCUT2D eigenvalue weighted by Gasteiger charge is 2.33. The van der Waals surface area contributed by atoms with Gasteiger partial charge >= 0.3 is 5.97 Å². The lowest BCUT2D eigenvalue weighted by Gasteiger charge is -2.22. The van der Waals surface area contributed by atoms with Crippen LogP contribution in [0.15, 0.2) is 12.1 Å². The second-order valence-corrected chi connectivity index (χ2v) is 6.12. The molecule has 1 aliphatic carbocycles. The molecule has 7 heteroatoms. The Morgan fingerprint density at radius 2 is 2.08 bits per heavy atom. The molecule has 0 heterocycles. The van der Waals surface area contributed by atoms with E-state index in [0.717, 1.165) is 19.3 Å². The first-order chi connectivity index (χ1) is 11.5. The largest absolute Gasteiger partial charge is 0.493 e. The molecule has 1 fully saturated rings. The van der Waals surface area contributed by atoms with Crippen molar-refractivity contribution >= 4 is 23.5 Å². The highest BCUT2D eigenvalue weighted by atomic mass is 35.5. The Hall–Kier alpha value is -1.95. The van der Waals surface area contributed by atoms with Crippen LogP contribution in [0.5, 0.6) is 11.5 Å². The average Bonchev–Trinajstić information content (AvgIpc) is 3.37. The van der Waals surface area contributed by atoms with Crippen LogP contribution in [0.1, 0.15) is 43.0 Å². The predicted octanol–water partition coefficient (Wildman–Crippen LogP) is 3.22. The molecule has 1 saturated carbocycles. The molecule has 1 aromatic carbocycles. The van der Waals surface area contributed by atoms with Crippen LogP contribution in [-0.2, 0) is 4.79 Å². The number of hydrogen-bond acceptors (Lipinski definition) is 4. The lowest BCUT2D eigenvalue weighted by Crippen LogP contribution is -2.35. The smallest absolute Gasteiger partial charge is 0.305 e. The molecule has 6 nitrogen and oxygen atoms in total. The van der Waals surface area contributed by atoms with Crippen molar-refractivity contribution in [1.29, 1.82) is 0 Å². The van der Waals surface area contributed by atoms with Gasteiger partial charge in [-0.2, -0.15) is 0 Å². The fourth-order valence-corrected chi connectivity index (χ4v) is 2.67. The highest BCUT2D eigenvalue weighted by Crippen LogP contribution is 2.37. The number of rotatable bonds is 9. The lowest BCUT2D eigenvalue weighted by molar-refractivity contribution is -0.137. The summed E-state index contributed by atoms with van der Waals surface area (Å²) >= 11 is 6.25. The second kappa shape index (κ2) is 8.24. The van der Waals surface area contributed by atoms with Crippen LogP contribution >= 0.6 is 11.6 Å². The number of carboxylic acids is 1. The summed E-state index contributed by atoms with van der Waals surface area (Å²) in [7, 11) is 1.49. The van der Waals surface area contributed by atoms with Gasteiger partial charge in [0.2, 0.25) is 0 Å². The van der Waals surface area contributed by atoms with Gasteiger partial charge in [-0.1, -0.05) is 18.5 Å². The van der Waals surface area contributed by atoms with E-state index in [9.17, 15) is 9.59 Å². The molecule has 2 rings (SSSR count). The van der Waals surface area contributed by atoms with Crippen molar-refractivity contribution in [1.82, 2.24) is 4.90 Å². The maximum absolute atomic E-state index is 12.8. The minimum atomic E-state index is -0.924. The van der Waals surface area contributed by atoms with Crippen LogP contribution in [0.25, 0.3) is 0 Å². The Morgan fingerprint density at radius 3 is 2.62 bits per heavy atom. The number of carboxylic acid groups (broad SMARTS) is 1. The number of nitrogens with zero attached hydrogens (tertiary/aromatic N) is 1. The topological polar surface area (TPSA) is 76.1 Å². The summed E-state index contributed by atoms with van der Waals surface area (Å²) in [6.45, 7) is 2.66. The molecule has 0 radical (unpaired) electrons. The van der Waals surface area contributed by atoms with Crippen LogP contribution in [-0.4, -0.2) is 48.2 Å². The van der Waals surface area contributed by atoms with Crippen molar-refractivity contribution in [3.63, 3.8) is 0 Å². The van der Waals surface area contributed by atoms with Gasteiger partial charge in [0.25, 0.3) is 5.91 Å². The van der Waals surface area contributed by atoms with Crippen LogP contribution in [0.4, 0.5) is 0 Å². The quantitative estimate of drug-likeness (QED) is 0.736. The van der Waals surface area contributed by atoms with E-state index < -0.39 is 5.97 Å². The number of aliphatic carboxylic acids is 1. The lowest BCUT2D eigenvalue weighted by atomic mass is 10.1. The van der Waals surface area contributed by atoms with Crippen LogP contribution in [0, 0.1) is 0 Å². The van der Waals surface area contributed by atoms with Gasteiger partial charge in [0, 0.05) is 18.2 Å². The molecule has 0 spiro atoms. The molecule has 132 valence electrons. The van der Waals surface area contributed by atoms with E-state index in [0.29, 0.717) is 28.7 Å². The fraction of sp³-hybridized carbons (Fsp3) is 0.529. The molecule has 1 aliphatic rings. The van der Waals surface area contributed by atoms with Gasteiger partial charge in [-0.3, -0.25) is 9.59 Å². The van der Waals surface area contributed by atoms with Gasteiger partial charge in [-0.15, -0.1) is 0 Å². The van der Waals surface area contributed by atoms with Gasteiger partial charge in [0.1, 0.15) is 0 Å². The number of carbonyl (C=O) groups is 2. The van der Waals surface area contributed by atoms with Crippen molar-refractivity contribution in [2.24, 2.45) is 0 Å². The molecular weight excluding hydrogens is 334 g/mol. The number of amides is 1. The van der Waals surface area contributed by atoms with Crippen LogP contribution < -0.4 is 9.47 Å². The van der Waals surface area contributed by atoms with E-state index in [1.165, 1.54) is 7.11 Å². The Bertz CT molecular complexity index is 615. The summed E-state index contributed by atoms with van der Waals surface area (Å²) in [5, 5.41) is 9.17. The zero-order valence-electron chi connectivity index (χ0n) is 13.9. The normalized spacial score (nSPS) is 13.5. The molecule has 1 aromatic rings. The predicted molar refractivity (Wildman–Crippen MR) is 90.1 cm³/mol. The van der Waals surface area contributed by atoms with E-state index >= 15 is 0 Å². The molecule has 0 aromatic heterocycles. The van der Waals surface area contributed by atoms with Crippen LogP contribution in [0.2, 0.25) is 5.02 Å². The number of benzene rings is 1. The third-order valence-corrected chi connectivity index (χ3v) is 4.02. The maximum Gasteiger partial charge on any atom is 0.305 e. The molecule has 1 amide bonds. The summed E-state index contributed by atoms with van der Waals surface area (Å²) in [6.07, 6.45) is 2.54. The molecular formula is C17H22ClNO5. The van der Waals surface area contributed by atoms with Crippen LogP contribution in [0.3, 0.4) is 0 Å². The van der Waals surface area contributed by atoms with E-state index in [4.69, 9.17) is 26.2 Å². The monoisotopic (exact) mass is 355 g/mol. The first-order valence-electron chi connectivity index (χ1n) is 8.01. The number of methoxy groups -OCH3 is 1. The molecule has 0 saturated heterocycles. The third kappa shape index (κ3) is 4.54. The number of hydrogen-bond donors (Lipinski definition) is 1. The van der Waals surface area contributed by atoms with Crippen molar-refractivity contribution in [2.75, 3.05) is 20.3 Å². The number of ether oxygens (including phenoxy) is 2. The zero-order chi connectivity index (χ0) is 17.7. The molecule has 0 unspecified atom stereocenters. The Kier molecular flexibility index (Phi) is 6.31. The summed E-state index contributed by atoms with van der Waals surface area (Å²) < 4.78 is 10.9. The highest BCUT2D eigenvalue weighted by molar-refractivity contribution is 6.32. The SMILES string of the molecule is CCCOc1c(Cl)cc(C(=O)N(CCC(=O)O)C2CC2)cc1OC. The molecule has 24 heavy (non-hydrogen) atoms. The van der Waals surface area contributed by atoms with Crippen molar-refractivity contribution < 1.29 is 24.2 Å². The summed E-state index contributed by atoms with van der Waals surface area (Å²) in [5.74, 6) is -0.345. The summed E-state index contributed by atoms with van der Waals surface area (Å²) in [6, 6.07) is 3.25. The minimum absolute atomic E-state index is 0.0786. The fourth-order valence-electron chi connectivity index (χ4n) is 2.41.